The van der Waals surface area contributed by atoms with Crippen LogP contribution in [0.1, 0.15) is 103 Å². The van der Waals surface area contributed by atoms with E-state index in [1.54, 1.807) is 84.0 Å². The van der Waals surface area contributed by atoms with E-state index in [9.17, 15) is 28.8 Å². The van der Waals surface area contributed by atoms with Gasteiger partial charge in [0.25, 0.3) is 29.2 Å². The molecule has 3 saturated heterocycles. The molecule has 0 unspecified atom stereocenters. The van der Waals surface area contributed by atoms with Gasteiger partial charge in [-0.1, -0.05) is 114 Å². The Morgan fingerprint density at radius 1 is 0.304 bits per heavy atom. The SMILES string of the molecule is C1CCNCC1.COc1ccc(COc2ccc(C(=O)C(=O)N3CCCCC3)c(Cl)c2OCc2ccc(OC)cc2)cc1.COc1ccc(COc2ccc(C(=O)C(=O)N3CCNCC3)c(Cl)c2OCc2ccc(OC)cc2)cc1.COc1ccc(COc2ccc(C(=O)C(=O)O)c(Cl)c2OCc2ccc(OC)cc2)cc1. The predicted molar refractivity (Wildman–Crippen MR) is 426 cm³/mol. The predicted octanol–water partition coefficient (Wildman–Crippen LogP) is 15.4. The number of rotatable bonds is 30. The third-order valence-electron chi connectivity index (χ3n) is 18.0. The molecule has 12 rings (SSSR count). The van der Waals surface area contributed by atoms with Gasteiger partial charge in [0.1, 0.15) is 74.1 Å². The van der Waals surface area contributed by atoms with Gasteiger partial charge in [0.05, 0.1) is 74.4 Å². The van der Waals surface area contributed by atoms with Gasteiger partial charge in [-0.3, -0.25) is 24.0 Å². The van der Waals surface area contributed by atoms with Crippen molar-refractivity contribution in [1.82, 2.24) is 20.4 Å². The van der Waals surface area contributed by atoms with Crippen molar-refractivity contribution in [1.29, 1.82) is 0 Å². The lowest BCUT2D eigenvalue weighted by molar-refractivity contribution is -0.132. The minimum absolute atomic E-state index is 0.0363. The topological polar surface area (TPSA) is 264 Å². The average Bonchev–Trinajstić information content (AvgIpc) is 0.810. The molecule has 0 bridgehead atoms. The summed E-state index contributed by atoms with van der Waals surface area (Å²) < 4.78 is 67.0. The second kappa shape index (κ2) is 44.0. The largest absolute Gasteiger partial charge is 0.497 e. The van der Waals surface area contributed by atoms with Gasteiger partial charge in [0.2, 0.25) is 0 Å². The highest BCUT2D eigenvalue weighted by Gasteiger charge is 2.31. The summed E-state index contributed by atoms with van der Waals surface area (Å²) in [4.78, 5) is 78.2. The molecule has 26 heteroatoms. The summed E-state index contributed by atoms with van der Waals surface area (Å²) >= 11 is 19.7. The number of carboxylic acid groups (broad SMARTS) is 1. The Morgan fingerprint density at radius 2 is 0.545 bits per heavy atom. The van der Waals surface area contributed by atoms with Crippen molar-refractivity contribution in [2.75, 3.05) is 95.0 Å². The lowest BCUT2D eigenvalue weighted by Crippen LogP contribution is -2.48. The van der Waals surface area contributed by atoms with Crippen LogP contribution in [0.3, 0.4) is 0 Å². The Labute approximate surface area is 666 Å². The first-order valence-electron chi connectivity index (χ1n) is 36.3. The standard InChI is InChI=1S/C29H30ClNO6.C28H29ClN2O6.C24H21ClO7.C5H11N/c1-34-22-10-6-20(7-11-22)18-36-25-15-14-24(27(32)29(33)31-16-4-3-5-17-31)26(30)28(25)37-19-21-8-12-23(35-2)13-9-21;1-34-21-7-3-19(4-8-21)17-36-24-12-11-23(26(32)28(33)31-15-13-30-14-16-31)25(29)27(24)37-18-20-5-9-22(35-2)10-6-20;1-29-17-7-3-15(4-8-17)13-31-20-12-11-19(22(26)24(27)28)21(25)23(20)32-14-16-5-9-18(30-2)10-6-16;1-2-4-6-5-3-1/h6-15H,3-5,16-19H2,1-2H3;3-12,30H,13-18H2,1-2H3;3-12H,13-14H2,1-2H3,(H,27,28);6H,1-5H2. The number of nitrogens with zero attached hydrogens (tertiary/aromatic N) is 2. The van der Waals surface area contributed by atoms with Gasteiger partial charge in [-0.2, -0.15) is 0 Å². The smallest absolute Gasteiger partial charge is 0.377 e. The number of ether oxygens (including phenoxy) is 12. The van der Waals surface area contributed by atoms with Crippen molar-refractivity contribution in [3.63, 3.8) is 0 Å². The zero-order valence-corrected chi connectivity index (χ0v) is 65.6. The summed E-state index contributed by atoms with van der Waals surface area (Å²) in [7, 11) is 9.57. The minimum atomic E-state index is -1.61. The Kier molecular flexibility index (Phi) is 33.3. The number of piperidine rings is 2. The third-order valence-corrected chi connectivity index (χ3v) is 19.2. The number of piperazine rings is 1. The number of benzene rings is 9. The van der Waals surface area contributed by atoms with E-state index in [0.29, 0.717) is 56.5 Å². The molecule has 0 spiro atoms. The number of amides is 2. The Hall–Kier alpha value is -11.2. The molecule has 9 aromatic carbocycles. The number of carboxylic acids is 1. The maximum Gasteiger partial charge on any atom is 0.377 e. The zero-order valence-electron chi connectivity index (χ0n) is 63.3. The quantitative estimate of drug-likeness (QED) is 0.0279. The highest BCUT2D eigenvalue weighted by Crippen LogP contribution is 2.43. The second-order valence-electron chi connectivity index (χ2n) is 25.6. The molecule has 112 heavy (non-hydrogen) atoms. The first-order valence-corrected chi connectivity index (χ1v) is 37.4. The Bertz CT molecular complexity index is 4350. The molecular formula is C86H91Cl3N4O19. The number of Topliss-reactive ketones (excluding diaryl/α,β-unsaturated/α-hetero) is 3. The van der Waals surface area contributed by atoms with E-state index in [-0.39, 0.29) is 94.4 Å². The number of likely N-dealkylation sites (tertiary alicyclic amines) is 1. The van der Waals surface area contributed by atoms with E-state index in [4.69, 9.17) is 96.8 Å². The average molecular weight is 1590 g/mol. The van der Waals surface area contributed by atoms with E-state index in [0.717, 1.165) is 81.4 Å². The zero-order chi connectivity index (χ0) is 79.7. The summed E-state index contributed by atoms with van der Waals surface area (Å²) in [6.45, 7) is 7.02. The lowest BCUT2D eigenvalue weighted by atomic mass is 10.1. The van der Waals surface area contributed by atoms with Gasteiger partial charge >= 0.3 is 5.97 Å². The second-order valence-corrected chi connectivity index (χ2v) is 26.7. The summed E-state index contributed by atoms with van der Waals surface area (Å²) in [5.74, 6) is 0.667. The summed E-state index contributed by atoms with van der Waals surface area (Å²) in [5.41, 5.74) is 5.24. The molecule has 23 nitrogen and oxygen atoms in total. The van der Waals surface area contributed by atoms with E-state index >= 15 is 0 Å². The van der Waals surface area contributed by atoms with Gasteiger partial charge in [-0.05, 0) is 188 Å². The first kappa shape index (κ1) is 84.8. The highest BCUT2D eigenvalue weighted by molar-refractivity contribution is 6.48. The normalized spacial score (nSPS) is 12.9. The maximum absolute atomic E-state index is 13.1. The molecular weight excluding hydrogens is 1500 g/mol. The number of carbonyl (C=O) groups excluding carboxylic acids is 5. The Morgan fingerprint density at radius 3 is 0.786 bits per heavy atom. The van der Waals surface area contributed by atoms with Gasteiger partial charge in [0, 0.05) is 39.3 Å². The van der Waals surface area contributed by atoms with E-state index in [2.05, 4.69) is 10.6 Å². The van der Waals surface area contributed by atoms with Crippen LogP contribution in [0, 0.1) is 0 Å². The van der Waals surface area contributed by atoms with Crippen molar-refractivity contribution in [3.05, 3.63) is 247 Å². The molecule has 0 saturated carbocycles. The first-order chi connectivity index (χ1) is 54.4. The molecule has 9 aromatic rings. The number of hydrogen-bond donors (Lipinski definition) is 3. The maximum atomic E-state index is 13.1. The molecule has 590 valence electrons. The van der Waals surface area contributed by atoms with Gasteiger partial charge < -0.3 is 82.4 Å². The molecule has 0 atom stereocenters. The van der Waals surface area contributed by atoms with Crippen LogP contribution in [0.5, 0.6) is 69.0 Å². The number of nitrogens with one attached hydrogen (secondary N) is 2. The van der Waals surface area contributed by atoms with Crippen molar-refractivity contribution >= 4 is 69.9 Å². The van der Waals surface area contributed by atoms with E-state index < -0.39 is 35.1 Å². The molecule has 3 heterocycles. The molecule has 3 aliphatic heterocycles. The van der Waals surface area contributed by atoms with Crippen LogP contribution >= 0.6 is 34.8 Å². The third kappa shape index (κ3) is 24.6. The van der Waals surface area contributed by atoms with Crippen LogP contribution in [-0.2, 0) is 54.0 Å². The lowest BCUT2D eigenvalue weighted by Gasteiger charge is -2.27. The van der Waals surface area contributed by atoms with Gasteiger partial charge in [-0.15, -0.1) is 0 Å². The highest BCUT2D eigenvalue weighted by atomic mass is 35.5. The molecule has 0 aromatic heterocycles. The minimum Gasteiger partial charge on any atom is -0.497 e. The van der Waals surface area contributed by atoms with Crippen LogP contribution in [0.25, 0.3) is 0 Å². The molecule has 3 fully saturated rings. The fourth-order valence-corrected chi connectivity index (χ4v) is 12.5. The number of hydrogen-bond acceptors (Lipinski definition) is 20. The van der Waals surface area contributed by atoms with Crippen LogP contribution in [0.4, 0.5) is 0 Å². The van der Waals surface area contributed by atoms with Crippen LogP contribution in [0.2, 0.25) is 15.1 Å². The number of halogens is 3. The van der Waals surface area contributed by atoms with Crippen molar-refractivity contribution in [2.24, 2.45) is 0 Å². The molecule has 2 amide bonds. The van der Waals surface area contributed by atoms with Crippen LogP contribution in [0.15, 0.2) is 182 Å². The number of methoxy groups -OCH3 is 6. The van der Waals surface area contributed by atoms with E-state index in [1.807, 2.05) is 121 Å². The molecule has 0 aliphatic carbocycles. The summed E-state index contributed by atoms with van der Waals surface area (Å²) in [5, 5.41) is 15.5. The Balaban J connectivity index is 0.000000186. The summed E-state index contributed by atoms with van der Waals surface area (Å²) in [6.07, 6.45) is 7.05. The fraction of sp³-hybridized carbons (Fsp3) is 0.302. The van der Waals surface area contributed by atoms with Gasteiger partial charge in [-0.25, -0.2) is 4.79 Å². The van der Waals surface area contributed by atoms with Crippen molar-refractivity contribution < 1.29 is 90.7 Å². The van der Waals surface area contributed by atoms with Crippen molar-refractivity contribution in [2.45, 2.75) is 78.2 Å². The molecule has 3 N–H and O–H groups in total. The van der Waals surface area contributed by atoms with Crippen molar-refractivity contribution in [3.8, 4) is 69.0 Å². The molecule has 0 radical (unpaired) electrons. The summed E-state index contributed by atoms with van der Waals surface area (Å²) in [6, 6.07) is 53.3. The number of carbonyl (C=O) groups is 6. The van der Waals surface area contributed by atoms with E-state index in [1.165, 1.54) is 61.5 Å². The van der Waals surface area contributed by atoms with Crippen LogP contribution in [-0.4, -0.2) is 145 Å². The monoisotopic (exact) mass is 1590 g/mol. The number of aliphatic carboxylic acids is 1. The number of ketones is 3. The fourth-order valence-electron chi connectivity index (χ4n) is 11.6. The van der Waals surface area contributed by atoms with Gasteiger partial charge in [0.15, 0.2) is 34.5 Å². The molecule has 3 aliphatic rings. The van der Waals surface area contributed by atoms with Crippen LogP contribution < -0.4 is 67.5 Å².